The van der Waals surface area contributed by atoms with Crippen molar-refractivity contribution in [3.8, 4) is 11.5 Å². The molecule has 0 amide bonds. The summed E-state index contributed by atoms with van der Waals surface area (Å²) in [7, 11) is 0. The highest BCUT2D eigenvalue weighted by Crippen LogP contribution is 2.30. The summed E-state index contributed by atoms with van der Waals surface area (Å²) in [6.45, 7) is 0.757. The van der Waals surface area contributed by atoms with Crippen molar-refractivity contribution in [2.75, 3.05) is 19.8 Å². The number of ketones is 1. The Bertz CT molecular complexity index is 844. The number of hydrogen-bond acceptors (Lipinski definition) is 5. The number of benzene rings is 2. The van der Waals surface area contributed by atoms with Crippen LogP contribution in [0.2, 0.25) is 5.02 Å². The van der Waals surface area contributed by atoms with E-state index in [0.717, 1.165) is 6.42 Å². The number of rotatable bonds is 5. The van der Waals surface area contributed by atoms with Crippen molar-refractivity contribution in [2.45, 2.75) is 6.42 Å². The fraction of sp³-hybridized carbons (Fsp3) is 0.200. The largest absolute Gasteiger partial charge is 0.490 e. The maximum atomic E-state index is 12.2. The van der Waals surface area contributed by atoms with Crippen LogP contribution in [0.5, 0.6) is 11.5 Å². The summed E-state index contributed by atoms with van der Waals surface area (Å²) < 4.78 is 16.1. The van der Waals surface area contributed by atoms with Crippen molar-refractivity contribution < 1.29 is 23.8 Å². The standard InChI is InChI=1S/C20H17ClO5/c21-16-5-2-1-4-14(16)7-9-20(23)26-13-17(22)15-6-8-18-19(12-15)25-11-3-10-24-18/h1-2,4-9,12H,3,10-11,13H2/b9-7+. The Morgan fingerprint density at radius 2 is 1.85 bits per heavy atom. The molecule has 0 unspecified atom stereocenters. The molecular formula is C20H17ClO5. The summed E-state index contributed by atoms with van der Waals surface area (Å²) in [6.07, 6.45) is 3.57. The molecule has 0 saturated carbocycles. The van der Waals surface area contributed by atoms with Crippen LogP contribution in [-0.4, -0.2) is 31.6 Å². The Hall–Kier alpha value is -2.79. The van der Waals surface area contributed by atoms with Crippen LogP contribution in [0.15, 0.2) is 48.5 Å². The number of halogens is 1. The monoisotopic (exact) mass is 372 g/mol. The molecule has 2 aromatic rings. The highest BCUT2D eigenvalue weighted by atomic mass is 35.5. The first kappa shape index (κ1) is 18.0. The minimum atomic E-state index is -0.618. The van der Waals surface area contributed by atoms with E-state index >= 15 is 0 Å². The molecule has 1 aliphatic heterocycles. The zero-order valence-electron chi connectivity index (χ0n) is 13.9. The molecule has 1 heterocycles. The Balaban J connectivity index is 1.57. The molecule has 5 nitrogen and oxygen atoms in total. The van der Waals surface area contributed by atoms with Crippen molar-refractivity contribution in [2.24, 2.45) is 0 Å². The third-order valence-corrected chi connectivity index (χ3v) is 4.06. The maximum Gasteiger partial charge on any atom is 0.331 e. The molecule has 0 bridgehead atoms. The van der Waals surface area contributed by atoms with Gasteiger partial charge in [0.05, 0.1) is 13.2 Å². The average Bonchev–Trinajstić information content (AvgIpc) is 2.90. The van der Waals surface area contributed by atoms with Gasteiger partial charge in [0, 0.05) is 23.1 Å². The van der Waals surface area contributed by atoms with E-state index in [1.807, 2.05) is 6.07 Å². The van der Waals surface area contributed by atoms with E-state index in [1.165, 1.54) is 6.08 Å². The molecule has 0 N–H and O–H groups in total. The van der Waals surface area contributed by atoms with Gasteiger partial charge in [-0.2, -0.15) is 0 Å². The summed E-state index contributed by atoms with van der Waals surface area (Å²) in [5.74, 6) is 0.199. The third-order valence-electron chi connectivity index (χ3n) is 3.72. The first-order chi connectivity index (χ1) is 12.6. The molecule has 134 valence electrons. The summed E-state index contributed by atoms with van der Waals surface area (Å²) >= 11 is 6.01. The van der Waals surface area contributed by atoms with Crippen molar-refractivity contribution in [1.82, 2.24) is 0 Å². The Morgan fingerprint density at radius 3 is 2.65 bits per heavy atom. The number of fused-ring (bicyclic) bond motifs is 1. The lowest BCUT2D eigenvalue weighted by Crippen LogP contribution is -2.12. The molecule has 3 rings (SSSR count). The van der Waals surface area contributed by atoms with E-state index in [-0.39, 0.29) is 12.4 Å². The molecule has 0 aromatic heterocycles. The van der Waals surface area contributed by atoms with Gasteiger partial charge in [0.25, 0.3) is 0 Å². The number of hydrogen-bond donors (Lipinski definition) is 0. The van der Waals surface area contributed by atoms with E-state index in [2.05, 4.69) is 0 Å². The van der Waals surface area contributed by atoms with Gasteiger partial charge in [0.15, 0.2) is 23.9 Å². The molecule has 0 atom stereocenters. The Kier molecular flexibility index (Phi) is 5.92. The van der Waals surface area contributed by atoms with Gasteiger partial charge in [-0.3, -0.25) is 4.79 Å². The van der Waals surface area contributed by atoms with Crippen molar-refractivity contribution in [3.05, 3.63) is 64.7 Å². The lowest BCUT2D eigenvalue weighted by Gasteiger charge is -2.08. The van der Waals surface area contributed by atoms with Crippen molar-refractivity contribution in [3.63, 3.8) is 0 Å². The lowest BCUT2D eigenvalue weighted by molar-refractivity contribution is -0.136. The quantitative estimate of drug-likeness (QED) is 0.452. The Labute approximate surface area is 156 Å². The molecule has 0 saturated heterocycles. The molecule has 1 aliphatic rings. The van der Waals surface area contributed by atoms with Gasteiger partial charge in [0.1, 0.15) is 0 Å². The molecule has 6 heteroatoms. The minimum Gasteiger partial charge on any atom is -0.490 e. The fourth-order valence-corrected chi connectivity index (χ4v) is 2.57. The predicted octanol–water partition coefficient (Wildman–Crippen LogP) is 3.94. The third kappa shape index (κ3) is 4.64. The maximum absolute atomic E-state index is 12.2. The second kappa shape index (κ2) is 8.54. The van der Waals surface area contributed by atoms with Gasteiger partial charge in [-0.1, -0.05) is 29.8 Å². The van der Waals surface area contributed by atoms with Gasteiger partial charge in [-0.25, -0.2) is 4.79 Å². The van der Waals surface area contributed by atoms with Crippen LogP contribution in [0.3, 0.4) is 0 Å². The SMILES string of the molecule is O=C(/C=C/c1ccccc1Cl)OCC(=O)c1ccc2c(c1)OCCCO2. The lowest BCUT2D eigenvalue weighted by atomic mass is 10.1. The van der Waals surface area contributed by atoms with Crippen LogP contribution < -0.4 is 9.47 Å². The van der Waals surface area contributed by atoms with E-state index in [0.29, 0.717) is 40.9 Å². The van der Waals surface area contributed by atoms with Gasteiger partial charge < -0.3 is 14.2 Å². The van der Waals surface area contributed by atoms with Crippen molar-refractivity contribution in [1.29, 1.82) is 0 Å². The molecule has 0 fully saturated rings. The molecule has 0 radical (unpaired) electrons. The summed E-state index contributed by atoms with van der Waals surface area (Å²) in [5.41, 5.74) is 1.09. The first-order valence-electron chi connectivity index (χ1n) is 8.16. The van der Waals surface area contributed by atoms with Crippen LogP contribution in [0.4, 0.5) is 0 Å². The average molecular weight is 373 g/mol. The van der Waals surface area contributed by atoms with E-state index in [4.69, 9.17) is 25.8 Å². The van der Waals surface area contributed by atoms with Crippen LogP contribution in [-0.2, 0) is 9.53 Å². The number of ether oxygens (including phenoxy) is 3. The molecular weight excluding hydrogens is 356 g/mol. The van der Waals surface area contributed by atoms with Crippen LogP contribution >= 0.6 is 11.6 Å². The number of esters is 1. The molecule has 0 aliphatic carbocycles. The second-order valence-electron chi connectivity index (χ2n) is 5.60. The zero-order valence-corrected chi connectivity index (χ0v) is 14.7. The first-order valence-corrected chi connectivity index (χ1v) is 8.53. The number of carbonyl (C=O) groups is 2. The molecule has 2 aromatic carbocycles. The molecule has 26 heavy (non-hydrogen) atoms. The smallest absolute Gasteiger partial charge is 0.331 e. The van der Waals surface area contributed by atoms with Gasteiger partial charge in [0.2, 0.25) is 0 Å². The van der Waals surface area contributed by atoms with Crippen LogP contribution in [0.1, 0.15) is 22.3 Å². The number of carbonyl (C=O) groups excluding carboxylic acids is 2. The number of Topliss-reactive ketones (excluding diaryl/α,β-unsaturated/α-hetero) is 1. The highest BCUT2D eigenvalue weighted by Gasteiger charge is 2.15. The fourth-order valence-electron chi connectivity index (χ4n) is 2.37. The van der Waals surface area contributed by atoms with Gasteiger partial charge in [-0.05, 0) is 35.9 Å². The predicted molar refractivity (Wildman–Crippen MR) is 97.8 cm³/mol. The zero-order chi connectivity index (χ0) is 18.4. The minimum absolute atomic E-state index is 0.319. The Morgan fingerprint density at radius 1 is 1.08 bits per heavy atom. The van der Waals surface area contributed by atoms with Crippen LogP contribution in [0, 0.1) is 0 Å². The normalized spacial score (nSPS) is 13.3. The summed E-state index contributed by atoms with van der Waals surface area (Å²) in [5, 5.41) is 0.528. The summed E-state index contributed by atoms with van der Waals surface area (Å²) in [6, 6.07) is 12.0. The van der Waals surface area contributed by atoms with E-state index in [9.17, 15) is 9.59 Å². The van der Waals surface area contributed by atoms with Crippen LogP contribution in [0.25, 0.3) is 6.08 Å². The van der Waals surface area contributed by atoms with Gasteiger partial charge in [-0.15, -0.1) is 0 Å². The van der Waals surface area contributed by atoms with E-state index in [1.54, 1.807) is 42.5 Å². The van der Waals surface area contributed by atoms with Gasteiger partial charge >= 0.3 is 5.97 Å². The van der Waals surface area contributed by atoms with E-state index < -0.39 is 5.97 Å². The van der Waals surface area contributed by atoms with Crippen molar-refractivity contribution >= 4 is 29.4 Å². The summed E-state index contributed by atoms with van der Waals surface area (Å²) in [4.78, 5) is 24.0. The molecule has 0 spiro atoms. The highest BCUT2D eigenvalue weighted by molar-refractivity contribution is 6.32. The topological polar surface area (TPSA) is 61.8 Å². The second-order valence-corrected chi connectivity index (χ2v) is 6.00.